The lowest BCUT2D eigenvalue weighted by molar-refractivity contribution is -0.118. The summed E-state index contributed by atoms with van der Waals surface area (Å²) in [7, 11) is 0. The summed E-state index contributed by atoms with van der Waals surface area (Å²) < 4.78 is 0. The molecule has 1 atom stereocenters. The minimum absolute atomic E-state index is 0.264. The van der Waals surface area contributed by atoms with Crippen molar-refractivity contribution in [2.24, 2.45) is 11.7 Å². The molecule has 0 aliphatic rings. The van der Waals surface area contributed by atoms with Gasteiger partial charge in [0.15, 0.2) is 0 Å². The van der Waals surface area contributed by atoms with Gasteiger partial charge in [0.2, 0.25) is 0 Å². The van der Waals surface area contributed by atoms with Crippen LogP contribution in [0.4, 0.5) is 0 Å². The second-order valence-electron chi connectivity index (χ2n) is 2.91. The van der Waals surface area contributed by atoms with Crippen LogP contribution < -0.4 is 5.73 Å². The fourth-order valence-corrected chi connectivity index (χ4v) is 0.788. The number of carbonyl (C=O) groups is 1. The number of ketones is 1. The van der Waals surface area contributed by atoms with Gasteiger partial charge in [0, 0.05) is 12.8 Å². The molecule has 1 unspecified atom stereocenters. The van der Waals surface area contributed by atoms with Gasteiger partial charge in [-0.05, 0) is 18.9 Å². The third-order valence-corrected chi connectivity index (χ3v) is 1.69. The molecule has 0 heterocycles. The first kappa shape index (κ1) is 10.4. The van der Waals surface area contributed by atoms with Gasteiger partial charge in [-0.2, -0.15) is 0 Å². The molecule has 0 spiro atoms. The molecule has 0 saturated heterocycles. The number of nitrogens with two attached hydrogens (primary N) is 1. The first-order valence-corrected chi connectivity index (χ1v) is 4.03. The maximum absolute atomic E-state index is 11.0. The maximum Gasteiger partial charge on any atom is 0.136 e. The van der Waals surface area contributed by atoms with Crippen LogP contribution in [0.25, 0.3) is 0 Å². The van der Waals surface area contributed by atoms with Gasteiger partial charge < -0.3 is 5.73 Å². The Morgan fingerprint density at radius 2 is 2.36 bits per heavy atom. The molecule has 0 fully saturated rings. The minimum atomic E-state index is 0.264. The number of hydrogen-bond acceptors (Lipinski definition) is 2. The van der Waals surface area contributed by atoms with Crippen molar-refractivity contribution in [1.29, 1.82) is 0 Å². The Bertz CT molecular complexity index is 132. The third-order valence-electron chi connectivity index (χ3n) is 1.69. The van der Waals surface area contributed by atoms with Crippen LogP contribution in [0.2, 0.25) is 0 Å². The monoisotopic (exact) mass is 155 g/mol. The summed E-state index contributed by atoms with van der Waals surface area (Å²) in [6, 6.07) is 0. The molecule has 2 heteroatoms. The normalized spacial score (nSPS) is 12.5. The molecular formula is C9H17NO. The van der Waals surface area contributed by atoms with E-state index in [1.807, 2.05) is 0 Å². The molecule has 0 bridgehead atoms. The van der Waals surface area contributed by atoms with Gasteiger partial charge in [-0.25, -0.2) is 0 Å². The zero-order valence-corrected chi connectivity index (χ0v) is 7.18. The molecule has 11 heavy (non-hydrogen) atoms. The van der Waals surface area contributed by atoms with Gasteiger partial charge in [-0.1, -0.05) is 13.0 Å². The van der Waals surface area contributed by atoms with E-state index in [4.69, 9.17) is 5.73 Å². The SMILES string of the molecule is C=CCC(=O)CCC(C)CN. The van der Waals surface area contributed by atoms with Crippen molar-refractivity contribution < 1.29 is 4.79 Å². The van der Waals surface area contributed by atoms with Crippen molar-refractivity contribution in [1.82, 2.24) is 0 Å². The van der Waals surface area contributed by atoms with E-state index in [0.29, 0.717) is 25.3 Å². The van der Waals surface area contributed by atoms with E-state index >= 15 is 0 Å². The Balaban J connectivity index is 3.37. The standard InChI is InChI=1S/C9H17NO/c1-3-4-9(11)6-5-8(2)7-10/h3,8H,1,4-7,10H2,2H3. The number of carbonyl (C=O) groups excluding carboxylic acids is 1. The van der Waals surface area contributed by atoms with Gasteiger partial charge in [0.1, 0.15) is 5.78 Å². The summed E-state index contributed by atoms with van der Waals surface area (Å²) in [5.41, 5.74) is 5.40. The number of Topliss-reactive ketones (excluding diaryl/α,β-unsaturated/α-hetero) is 1. The lowest BCUT2D eigenvalue weighted by atomic mass is 10.0. The molecular weight excluding hydrogens is 138 g/mol. The second-order valence-corrected chi connectivity index (χ2v) is 2.91. The smallest absolute Gasteiger partial charge is 0.136 e. The molecule has 0 aliphatic carbocycles. The van der Waals surface area contributed by atoms with Crippen LogP contribution in [0.5, 0.6) is 0 Å². The number of hydrogen-bond donors (Lipinski definition) is 1. The van der Waals surface area contributed by atoms with E-state index in [2.05, 4.69) is 13.5 Å². The number of allylic oxidation sites excluding steroid dienone is 1. The predicted molar refractivity (Wildman–Crippen MR) is 47.3 cm³/mol. The van der Waals surface area contributed by atoms with E-state index in [-0.39, 0.29) is 5.78 Å². The summed E-state index contributed by atoms with van der Waals surface area (Å²) >= 11 is 0. The average molecular weight is 155 g/mol. The van der Waals surface area contributed by atoms with Crippen LogP contribution in [-0.4, -0.2) is 12.3 Å². The van der Waals surface area contributed by atoms with Crippen LogP contribution in [0.1, 0.15) is 26.2 Å². The van der Waals surface area contributed by atoms with Gasteiger partial charge in [0.25, 0.3) is 0 Å². The van der Waals surface area contributed by atoms with Crippen molar-refractivity contribution in [3.63, 3.8) is 0 Å². The summed E-state index contributed by atoms with van der Waals surface area (Å²) in [5, 5.41) is 0. The summed E-state index contributed by atoms with van der Waals surface area (Å²) in [6.07, 6.45) is 3.69. The van der Waals surface area contributed by atoms with Crippen molar-refractivity contribution in [3.8, 4) is 0 Å². The predicted octanol–water partition coefficient (Wildman–Crippen LogP) is 1.51. The Morgan fingerprint density at radius 1 is 1.73 bits per heavy atom. The van der Waals surface area contributed by atoms with Gasteiger partial charge in [-0.15, -0.1) is 6.58 Å². The molecule has 0 aromatic rings. The van der Waals surface area contributed by atoms with E-state index in [9.17, 15) is 4.79 Å². The third kappa shape index (κ3) is 5.80. The van der Waals surface area contributed by atoms with E-state index < -0.39 is 0 Å². The summed E-state index contributed by atoms with van der Waals surface area (Å²) in [5.74, 6) is 0.726. The Labute approximate surface area is 68.5 Å². The Kier molecular flexibility index (Phi) is 5.75. The molecule has 64 valence electrons. The minimum Gasteiger partial charge on any atom is -0.330 e. The first-order chi connectivity index (χ1) is 5.20. The van der Waals surface area contributed by atoms with Crippen molar-refractivity contribution in [2.45, 2.75) is 26.2 Å². The lowest BCUT2D eigenvalue weighted by Gasteiger charge is -2.05. The highest BCUT2D eigenvalue weighted by molar-refractivity contribution is 5.79. The van der Waals surface area contributed by atoms with E-state index in [1.165, 1.54) is 0 Å². The Morgan fingerprint density at radius 3 is 2.82 bits per heavy atom. The highest BCUT2D eigenvalue weighted by Gasteiger charge is 2.03. The van der Waals surface area contributed by atoms with Crippen LogP contribution in [0.15, 0.2) is 12.7 Å². The van der Waals surface area contributed by atoms with Gasteiger partial charge in [-0.3, -0.25) is 4.79 Å². The maximum atomic E-state index is 11.0. The summed E-state index contributed by atoms with van der Waals surface area (Å²) in [6.45, 7) is 6.23. The van der Waals surface area contributed by atoms with Crippen LogP contribution in [0, 0.1) is 5.92 Å². The molecule has 0 amide bonds. The fraction of sp³-hybridized carbons (Fsp3) is 0.667. The molecule has 0 saturated carbocycles. The molecule has 2 N–H and O–H groups in total. The summed E-state index contributed by atoms with van der Waals surface area (Å²) in [4.78, 5) is 11.0. The molecule has 0 aromatic heterocycles. The molecule has 2 nitrogen and oxygen atoms in total. The number of rotatable bonds is 6. The van der Waals surface area contributed by atoms with Crippen LogP contribution >= 0.6 is 0 Å². The molecule has 0 radical (unpaired) electrons. The molecule has 0 aromatic carbocycles. The molecule has 0 rings (SSSR count). The van der Waals surface area contributed by atoms with Crippen molar-refractivity contribution in [2.75, 3.05) is 6.54 Å². The fourth-order valence-electron chi connectivity index (χ4n) is 0.788. The van der Waals surface area contributed by atoms with Gasteiger partial charge >= 0.3 is 0 Å². The van der Waals surface area contributed by atoms with E-state index in [1.54, 1.807) is 6.08 Å². The average Bonchev–Trinajstić information content (AvgIpc) is 2.01. The first-order valence-electron chi connectivity index (χ1n) is 4.03. The van der Waals surface area contributed by atoms with Crippen LogP contribution in [-0.2, 0) is 4.79 Å². The largest absolute Gasteiger partial charge is 0.330 e. The zero-order chi connectivity index (χ0) is 8.69. The highest BCUT2D eigenvalue weighted by Crippen LogP contribution is 2.04. The topological polar surface area (TPSA) is 43.1 Å². The highest BCUT2D eigenvalue weighted by atomic mass is 16.1. The van der Waals surface area contributed by atoms with E-state index in [0.717, 1.165) is 6.42 Å². The van der Waals surface area contributed by atoms with Crippen LogP contribution in [0.3, 0.4) is 0 Å². The molecule has 0 aliphatic heterocycles. The Hall–Kier alpha value is -0.630. The zero-order valence-electron chi connectivity index (χ0n) is 7.18. The van der Waals surface area contributed by atoms with Gasteiger partial charge in [0.05, 0.1) is 0 Å². The van der Waals surface area contributed by atoms with Crippen molar-refractivity contribution in [3.05, 3.63) is 12.7 Å². The second kappa shape index (κ2) is 6.10. The lowest BCUT2D eigenvalue weighted by Crippen LogP contribution is -2.12. The quantitative estimate of drug-likeness (QED) is 0.591. The van der Waals surface area contributed by atoms with Crippen molar-refractivity contribution >= 4 is 5.78 Å².